The summed E-state index contributed by atoms with van der Waals surface area (Å²) in [6.45, 7) is 12.9. The Bertz CT molecular complexity index is 755. The number of hydrogen-bond donors (Lipinski definition) is 1. The Balaban J connectivity index is 1.99. The molecule has 1 N–H and O–H groups in total. The van der Waals surface area contributed by atoms with E-state index in [1.54, 1.807) is 30.6 Å². The summed E-state index contributed by atoms with van der Waals surface area (Å²) in [4.78, 5) is 18.9. The SMILES string of the molecule is CCOc1cc(C(=O)NCCN(C(C)C)C(C)C)ccc1OCc1ccncc1. The highest BCUT2D eigenvalue weighted by Gasteiger charge is 2.15. The van der Waals surface area contributed by atoms with Gasteiger partial charge >= 0.3 is 0 Å². The van der Waals surface area contributed by atoms with E-state index in [-0.39, 0.29) is 5.91 Å². The maximum absolute atomic E-state index is 12.6. The van der Waals surface area contributed by atoms with Crippen LogP contribution >= 0.6 is 0 Å². The molecule has 0 spiro atoms. The van der Waals surface area contributed by atoms with E-state index in [1.165, 1.54) is 0 Å². The molecule has 0 saturated carbocycles. The highest BCUT2D eigenvalue weighted by atomic mass is 16.5. The molecule has 0 saturated heterocycles. The van der Waals surface area contributed by atoms with Crippen LogP contribution in [0.3, 0.4) is 0 Å². The molecule has 1 aromatic carbocycles. The number of benzene rings is 1. The lowest BCUT2D eigenvalue weighted by atomic mass is 10.2. The molecule has 0 bridgehead atoms. The Kier molecular flexibility index (Phi) is 8.93. The summed E-state index contributed by atoms with van der Waals surface area (Å²) in [7, 11) is 0. The number of ether oxygens (including phenoxy) is 2. The van der Waals surface area contributed by atoms with E-state index in [2.05, 4.69) is 42.9 Å². The molecule has 1 heterocycles. The molecule has 29 heavy (non-hydrogen) atoms. The first-order valence-electron chi connectivity index (χ1n) is 10.2. The summed E-state index contributed by atoms with van der Waals surface area (Å²) in [5.74, 6) is 1.07. The van der Waals surface area contributed by atoms with Gasteiger partial charge in [0.25, 0.3) is 5.91 Å². The summed E-state index contributed by atoms with van der Waals surface area (Å²) in [6.07, 6.45) is 3.46. The van der Waals surface area contributed by atoms with E-state index in [0.717, 1.165) is 12.1 Å². The van der Waals surface area contributed by atoms with E-state index < -0.39 is 0 Å². The zero-order chi connectivity index (χ0) is 21.2. The van der Waals surface area contributed by atoms with Gasteiger partial charge in [-0.2, -0.15) is 0 Å². The van der Waals surface area contributed by atoms with Gasteiger partial charge in [0.1, 0.15) is 6.61 Å². The van der Waals surface area contributed by atoms with Crippen molar-refractivity contribution in [3.8, 4) is 11.5 Å². The first-order valence-corrected chi connectivity index (χ1v) is 10.2. The van der Waals surface area contributed by atoms with Crippen LogP contribution in [-0.4, -0.2) is 47.6 Å². The van der Waals surface area contributed by atoms with Crippen molar-refractivity contribution in [1.29, 1.82) is 0 Å². The van der Waals surface area contributed by atoms with E-state index in [0.29, 0.717) is 48.9 Å². The average molecular weight is 400 g/mol. The molecular formula is C23H33N3O3. The molecule has 2 aromatic rings. The van der Waals surface area contributed by atoms with Crippen LogP contribution in [0.1, 0.15) is 50.5 Å². The second-order valence-electron chi connectivity index (χ2n) is 7.42. The maximum atomic E-state index is 12.6. The fourth-order valence-corrected chi connectivity index (χ4v) is 3.19. The molecule has 158 valence electrons. The number of nitrogens with zero attached hydrogens (tertiary/aromatic N) is 2. The number of pyridine rings is 1. The molecule has 0 aliphatic heterocycles. The first-order chi connectivity index (χ1) is 13.9. The maximum Gasteiger partial charge on any atom is 0.251 e. The number of carbonyl (C=O) groups is 1. The lowest BCUT2D eigenvalue weighted by Gasteiger charge is -2.30. The molecule has 6 heteroatoms. The van der Waals surface area contributed by atoms with Crippen LogP contribution < -0.4 is 14.8 Å². The minimum absolute atomic E-state index is 0.112. The van der Waals surface area contributed by atoms with E-state index in [1.807, 2.05) is 19.1 Å². The second kappa shape index (κ2) is 11.4. The normalized spacial score (nSPS) is 11.2. The monoisotopic (exact) mass is 399 g/mol. The molecule has 0 fully saturated rings. The molecule has 2 rings (SSSR count). The third kappa shape index (κ3) is 7.06. The summed E-state index contributed by atoms with van der Waals surface area (Å²) < 4.78 is 11.6. The molecule has 1 amide bonds. The van der Waals surface area contributed by atoms with Crippen LogP contribution in [0.15, 0.2) is 42.7 Å². The molecular weight excluding hydrogens is 366 g/mol. The van der Waals surface area contributed by atoms with E-state index in [4.69, 9.17) is 9.47 Å². The van der Waals surface area contributed by atoms with Gasteiger partial charge in [-0.05, 0) is 70.5 Å². The number of aromatic nitrogens is 1. The summed E-state index contributed by atoms with van der Waals surface area (Å²) >= 11 is 0. The van der Waals surface area contributed by atoms with Gasteiger partial charge in [0.2, 0.25) is 0 Å². The van der Waals surface area contributed by atoms with Gasteiger partial charge in [0, 0.05) is 43.1 Å². The van der Waals surface area contributed by atoms with Crippen LogP contribution in [0.4, 0.5) is 0 Å². The van der Waals surface area contributed by atoms with Crippen molar-refractivity contribution in [1.82, 2.24) is 15.2 Å². The minimum atomic E-state index is -0.112. The summed E-state index contributed by atoms with van der Waals surface area (Å²) in [5.41, 5.74) is 1.58. The highest BCUT2D eigenvalue weighted by molar-refractivity contribution is 5.94. The Morgan fingerprint density at radius 3 is 2.34 bits per heavy atom. The highest BCUT2D eigenvalue weighted by Crippen LogP contribution is 2.29. The van der Waals surface area contributed by atoms with Crippen molar-refractivity contribution in [2.75, 3.05) is 19.7 Å². The smallest absolute Gasteiger partial charge is 0.251 e. The van der Waals surface area contributed by atoms with Crippen molar-refractivity contribution < 1.29 is 14.3 Å². The third-order valence-corrected chi connectivity index (χ3v) is 4.63. The standard InChI is InChI=1S/C23H33N3O3/c1-6-28-22-15-20(23(27)25-13-14-26(17(2)3)18(4)5)7-8-21(22)29-16-19-9-11-24-12-10-19/h7-12,15,17-18H,6,13-14,16H2,1-5H3,(H,25,27). The van der Waals surface area contributed by atoms with E-state index in [9.17, 15) is 4.79 Å². The molecule has 0 atom stereocenters. The second-order valence-corrected chi connectivity index (χ2v) is 7.42. The van der Waals surface area contributed by atoms with Gasteiger partial charge in [0.05, 0.1) is 6.61 Å². The molecule has 0 aliphatic rings. The fourth-order valence-electron chi connectivity index (χ4n) is 3.19. The lowest BCUT2D eigenvalue weighted by molar-refractivity contribution is 0.0939. The zero-order valence-corrected chi connectivity index (χ0v) is 18.1. The van der Waals surface area contributed by atoms with Gasteiger partial charge < -0.3 is 14.8 Å². The van der Waals surface area contributed by atoms with Crippen molar-refractivity contribution in [2.24, 2.45) is 0 Å². The van der Waals surface area contributed by atoms with Gasteiger partial charge in [-0.1, -0.05) is 0 Å². The number of nitrogens with one attached hydrogen (secondary N) is 1. The first kappa shape index (κ1) is 22.7. The van der Waals surface area contributed by atoms with Crippen LogP contribution in [0, 0.1) is 0 Å². The number of amides is 1. The van der Waals surface area contributed by atoms with Crippen molar-refractivity contribution in [2.45, 2.75) is 53.3 Å². The van der Waals surface area contributed by atoms with Gasteiger partial charge in [-0.15, -0.1) is 0 Å². The van der Waals surface area contributed by atoms with Crippen molar-refractivity contribution in [3.63, 3.8) is 0 Å². The van der Waals surface area contributed by atoms with Gasteiger partial charge in [-0.3, -0.25) is 14.7 Å². The number of rotatable bonds is 11. The van der Waals surface area contributed by atoms with Crippen LogP contribution in [-0.2, 0) is 6.61 Å². The largest absolute Gasteiger partial charge is 0.490 e. The van der Waals surface area contributed by atoms with Crippen LogP contribution in [0.5, 0.6) is 11.5 Å². The Labute approximate surface area is 174 Å². The predicted octanol–water partition coefficient (Wildman–Crippen LogP) is 3.91. The third-order valence-electron chi connectivity index (χ3n) is 4.63. The summed E-state index contributed by atoms with van der Waals surface area (Å²) in [6, 6.07) is 9.97. The number of carbonyl (C=O) groups excluding carboxylic acids is 1. The molecule has 0 unspecified atom stereocenters. The predicted molar refractivity (Wildman–Crippen MR) is 115 cm³/mol. The average Bonchev–Trinajstić information content (AvgIpc) is 2.70. The van der Waals surface area contributed by atoms with Gasteiger partial charge in [-0.25, -0.2) is 0 Å². The zero-order valence-electron chi connectivity index (χ0n) is 18.1. The lowest BCUT2D eigenvalue weighted by Crippen LogP contribution is -2.42. The van der Waals surface area contributed by atoms with Crippen molar-refractivity contribution >= 4 is 5.91 Å². The summed E-state index contributed by atoms with van der Waals surface area (Å²) in [5, 5.41) is 3.00. The van der Waals surface area contributed by atoms with Crippen LogP contribution in [0.2, 0.25) is 0 Å². The van der Waals surface area contributed by atoms with Crippen LogP contribution in [0.25, 0.3) is 0 Å². The fraction of sp³-hybridized carbons (Fsp3) is 0.478. The van der Waals surface area contributed by atoms with E-state index >= 15 is 0 Å². The quantitative estimate of drug-likeness (QED) is 0.621. The van der Waals surface area contributed by atoms with Crippen molar-refractivity contribution in [3.05, 3.63) is 53.9 Å². The molecule has 0 aliphatic carbocycles. The number of hydrogen-bond acceptors (Lipinski definition) is 5. The Morgan fingerprint density at radius 2 is 1.72 bits per heavy atom. The Morgan fingerprint density at radius 1 is 1.03 bits per heavy atom. The molecule has 1 aromatic heterocycles. The van der Waals surface area contributed by atoms with Gasteiger partial charge in [0.15, 0.2) is 11.5 Å². The molecule has 6 nitrogen and oxygen atoms in total. The Hall–Kier alpha value is -2.60. The topological polar surface area (TPSA) is 63.7 Å². The minimum Gasteiger partial charge on any atom is -0.490 e. The molecule has 0 radical (unpaired) electrons.